The van der Waals surface area contributed by atoms with Gasteiger partial charge in [-0.25, -0.2) is 10.1 Å². The Morgan fingerprint density at radius 3 is 2.78 bits per heavy atom. The molecule has 3 rings (SSSR count). The van der Waals surface area contributed by atoms with E-state index in [1.165, 1.54) is 0 Å². The summed E-state index contributed by atoms with van der Waals surface area (Å²) in [6, 6.07) is 1.93. The predicted octanol–water partition coefficient (Wildman–Crippen LogP) is 0.0699. The molecule has 2 aromatic rings. The number of H-pyrrole nitrogens is 1. The van der Waals surface area contributed by atoms with Crippen LogP contribution in [0.25, 0.3) is 10.8 Å². The summed E-state index contributed by atoms with van der Waals surface area (Å²) in [6.45, 7) is 4.00. The van der Waals surface area contributed by atoms with Crippen LogP contribution in [-0.2, 0) is 0 Å². The van der Waals surface area contributed by atoms with Gasteiger partial charge in [-0.2, -0.15) is 5.10 Å². The molecule has 0 atom stereocenters. The fraction of sp³-hybridized carbons (Fsp3) is 0.417. The van der Waals surface area contributed by atoms with E-state index >= 15 is 0 Å². The van der Waals surface area contributed by atoms with Gasteiger partial charge in [0.25, 0.3) is 5.56 Å². The van der Waals surface area contributed by atoms with E-state index in [4.69, 9.17) is 0 Å². The van der Waals surface area contributed by atoms with E-state index in [0.29, 0.717) is 5.39 Å². The highest BCUT2D eigenvalue weighted by molar-refractivity contribution is 5.82. The van der Waals surface area contributed by atoms with Crippen LogP contribution >= 0.6 is 0 Å². The fourth-order valence-electron chi connectivity index (χ4n) is 2.19. The first-order chi connectivity index (χ1) is 8.74. The molecule has 0 spiro atoms. The van der Waals surface area contributed by atoms with Crippen molar-refractivity contribution in [2.75, 3.05) is 38.1 Å². The number of pyridine rings is 1. The van der Waals surface area contributed by atoms with Gasteiger partial charge in [-0.3, -0.25) is 4.79 Å². The van der Waals surface area contributed by atoms with E-state index < -0.39 is 0 Å². The maximum absolute atomic E-state index is 11.5. The molecule has 3 heterocycles. The number of nitrogens with one attached hydrogen (secondary N) is 1. The van der Waals surface area contributed by atoms with Crippen LogP contribution in [0.4, 0.5) is 5.82 Å². The number of aromatic nitrogens is 3. The molecule has 0 unspecified atom stereocenters. The van der Waals surface area contributed by atoms with E-state index in [1.807, 2.05) is 6.07 Å². The topological polar surface area (TPSA) is 65.1 Å². The van der Waals surface area contributed by atoms with Gasteiger partial charge in [0.15, 0.2) is 0 Å². The number of nitrogens with zero attached hydrogens (tertiary/aromatic N) is 4. The summed E-state index contributed by atoms with van der Waals surface area (Å²) in [7, 11) is 2.12. The van der Waals surface area contributed by atoms with Crippen molar-refractivity contribution in [3.63, 3.8) is 0 Å². The SMILES string of the molecule is CN1CCN(c2cc3cn[nH]c(=O)c3cn2)CC1. The van der Waals surface area contributed by atoms with Gasteiger partial charge in [0, 0.05) is 37.8 Å². The largest absolute Gasteiger partial charge is 0.354 e. The van der Waals surface area contributed by atoms with E-state index in [-0.39, 0.29) is 5.56 Å². The van der Waals surface area contributed by atoms with Crippen molar-refractivity contribution in [1.82, 2.24) is 20.1 Å². The number of fused-ring (bicyclic) bond motifs is 1. The third-order valence-corrected chi connectivity index (χ3v) is 3.36. The second-order valence-corrected chi connectivity index (χ2v) is 4.62. The van der Waals surface area contributed by atoms with Gasteiger partial charge in [-0.1, -0.05) is 0 Å². The summed E-state index contributed by atoms with van der Waals surface area (Å²) < 4.78 is 0. The molecule has 0 saturated carbocycles. The molecule has 18 heavy (non-hydrogen) atoms. The number of hydrogen-bond acceptors (Lipinski definition) is 5. The lowest BCUT2D eigenvalue weighted by atomic mass is 10.2. The van der Waals surface area contributed by atoms with E-state index in [2.05, 4.69) is 32.0 Å². The third-order valence-electron chi connectivity index (χ3n) is 3.36. The number of aromatic amines is 1. The van der Waals surface area contributed by atoms with Crippen molar-refractivity contribution in [3.05, 3.63) is 28.8 Å². The van der Waals surface area contributed by atoms with E-state index in [0.717, 1.165) is 37.4 Å². The van der Waals surface area contributed by atoms with Crippen LogP contribution in [-0.4, -0.2) is 53.3 Å². The van der Waals surface area contributed by atoms with Crippen LogP contribution in [0.5, 0.6) is 0 Å². The van der Waals surface area contributed by atoms with Gasteiger partial charge in [0.2, 0.25) is 0 Å². The van der Waals surface area contributed by atoms with Crippen LogP contribution in [0.15, 0.2) is 23.3 Å². The molecular weight excluding hydrogens is 230 g/mol. The zero-order valence-electron chi connectivity index (χ0n) is 10.3. The van der Waals surface area contributed by atoms with Gasteiger partial charge in [-0.05, 0) is 13.1 Å². The molecule has 1 aliphatic heterocycles. The van der Waals surface area contributed by atoms with Crippen molar-refractivity contribution >= 4 is 16.6 Å². The molecule has 1 fully saturated rings. The quantitative estimate of drug-likeness (QED) is 0.770. The minimum atomic E-state index is -0.190. The number of piperazine rings is 1. The molecule has 1 saturated heterocycles. The molecule has 0 amide bonds. The average Bonchev–Trinajstić information content (AvgIpc) is 2.39. The fourth-order valence-corrected chi connectivity index (χ4v) is 2.19. The normalized spacial score (nSPS) is 17.3. The van der Waals surface area contributed by atoms with Crippen LogP contribution in [0.1, 0.15) is 0 Å². The third kappa shape index (κ3) is 1.95. The first-order valence-corrected chi connectivity index (χ1v) is 6.01. The number of anilines is 1. The first-order valence-electron chi connectivity index (χ1n) is 6.01. The number of hydrogen-bond donors (Lipinski definition) is 1. The Balaban J connectivity index is 1.96. The Labute approximate surface area is 104 Å². The molecule has 2 aromatic heterocycles. The van der Waals surface area contributed by atoms with Crippen molar-refractivity contribution in [2.45, 2.75) is 0 Å². The Morgan fingerprint density at radius 2 is 2.00 bits per heavy atom. The molecule has 0 radical (unpaired) electrons. The van der Waals surface area contributed by atoms with Gasteiger partial charge in [0.05, 0.1) is 11.6 Å². The van der Waals surface area contributed by atoms with E-state index in [9.17, 15) is 4.79 Å². The maximum Gasteiger partial charge on any atom is 0.273 e. The standard InChI is InChI=1S/C12H15N5O/c1-16-2-4-17(5-3-16)11-6-9-7-14-15-12(18)10(9)8-13-11/h6-8H,2-5H2,1H3,(H,15,18). The summed E-state index contributed by atoms with van der Waals surface area (Å²) in [5.74, 6) is 0.919. The van der Waals surface area contributed by atoms with Gasteiger partial charge in [0.1, 0.15) is 5.82 Å². The molecule has 0 aromatic carbocycles. The van der Waals surface area contributed by atoms with Crippen LogP contribution in [0, 0.1) is 0 Å². The highest BCUT2D eigenvalue weighted by Crippen LogP contribution is 2.17. The Bertz CT molecular complexity index is 615. The Kier molecular flexibility index (Phi) is 2.71. The average molecular weight is 245 g/mol. The highest BCUT2D eigenvalue weighted by atomic mass is 16.1. The lowest BCUT2D eigenvalue weighted by Gasteiger charge is -2.33. The summed E-state index contributed by atoms with van der Waals surface area (Å²) >= 11 is 0. The molecule has 0 bridgehead atoms. The van der Waals surface area contributed by atoms with Crippen molar-refractivity contribution < 1.29 is 0 Å². The van der Waals surface area contributed by atoms with Gasteiger partial charge in [-0.15, -0.1) is 0 Å². The van der Waals surface area contributed by atoms with Gasteiger partial charge >= 0.3 is 0 Å². The molecular formula is C12H15N5O. The molecule has 1 N–H and O–H groups in total. The number of likely N-dealkylation sites (N-methyl/N-ethyl adjacent to an activating group) is 1. The van der Waals surface area contributed by atoms with Crippen molar-refractivity contribution in [3.8, 4) is 0 Å². The molecule has 0 aliphatic carbocycles. The summed E-state index contributed by atoms with van der Waals surface area (Å²) in [5, 5.41) is 7.65. The molecule has 94 valence electrons. The molecule has 1 aliphatic rings. The van der Waals surface area contributed by atoms with Crippen LogP contribution < -0.4 is 10.5 Å². The minimum Gasteiger partial charge on any atom is -0.354 e. The lowest BCUT2D eigenvalue weighted by molar-refractivity contribution is 0.312. The molecule has 6 heteroatoms. The second kappa shape index (κ2) is 4.38. The van der Waals surface area contributed by atoms with Gasteiger partial charge < -0.3 is 9.80 Å². The maximum atomic E-state index is 11.5. The van der Waals surface area contributed by atoms with Crippen LogP contribution in [0.3, 0.4) is 0 Å². The second-order valence-electron chi connectivity index (χ2n) is 4.62. The monoisotopic (exact) mass is 245 g/mol. The predicted molar refractivity (Wildman–Crippen MR) is 69.9 cm³/mol. The van der Waals surface area contributed by atoms with Crippen molar-refractivity contribution in [1.29, 1.82) is 0 Å². The Hall–Kier alpha value is -1.95. The summed E-state index contributed by atoms with van der Waals surface area (Å²) in [4.78, 5) is 20.4. The Morgan fingerprint density at radius 1 is 1.22 bits per heavy atom. The summed E-state index contributed by atoms with van der Waals surface area (Å²) in [6.07, 6.45) is 3.29. The first kappa shape index (κ1) is 11.2. The molecule has 6 nitrogen and oxygen atoms in total. The number of rotatable bonds is 1. The van der Waals surface area contributed by atoms with Crippen molar-refractivity contribution in [2.24, 2.45) is 0 Å². The zero-order valence-corrected chi connectivity index (χ0v) is 10.3. The minimum absolute atomic E-state index is 0.190. The zero-order chi connectivity index (χ0) is 12.5. The smallest absolute Gasteiger partial charge is 0.273 e. The van der Waals surface area contributed by atoms with E-state index in [1.54, 1.807) is 12.4 Å². The lowest BCUT2D eigenvalue weighted by Crippen LogP contribution is -2.44. The highest BCUT2D eigenvalue weighted by Gasteiger charge is 2.15. The van der Waals surface area contributed by atoms with Crippen LogP contribution in [0.2, 0.25) is 0 Å². The summed E-state index contributed by atoms with van der Waals surface area (Å²) in [5.41, 5.74) is -0.190.